The largest absolute Gasteiger partial charge is 0.450 e. The van der Waals surface area contributed by atoms with Crippen LogP contribution in [0.15, 0.2) is 35.4 Å². The molecule has 0 N–H and O–H groups in total. The molecule has 5 rings (SSSR count). The number of hydrogen-bond acceptors (Lipinski definition) is 6. The molecule has 8 nitrogen and oxygen atoms in total. The molecule has 1 aliphatic heterocycles. The summed E-state index contributed by atoms with van der Waals surface area (Å²) in [4.78, 5) is 33.4. The molecule has 148 valence electrons. The minimum absolute atomic E-state index is 0.169. The summed E-state index contributed by atoms with van der Waals surface area (Å²) in [7, 11) is 0. The molecule has 0 unspecified atom stereocenters. The van der Waals surface area contributed by atoms with Gasteiger partial charge in [0, 0.05) is 11.4 Å². The molecule has 4 heterocycles. The summed E-state index contributed by atoms with van der Waals surface area (Å²) in [6.45, 7) is 5.13. The summed E-state index contributed by atoms with van der Waals surface area (Å²) in [6.07, 6.45) is 1.90. The Bertz CT molecular complexity index is 1300. The number of ether oxygens (including phenoxy) is 1. The summed E-state index contributed by atoms with van der Waals surface area (Å²) < 4.78 is 8.28. The molecule has 0 radical (unpaired) electrons. The summed E-state index contributed by atoms with van der Waals surface area (Å²) in [5.41, 5.74) is 2.86. The fourth-order valence-corrected chi connectivity index (χ4v) is 4.92. The lowest BCUT2D eigenvalue weighted by Crippen LogP contribution is -2.36. The minimum Gasteiger partial charge on any atom is -0.450 e. The second kappa shape index (κ2) is 6.70. The van der Waals surface area contributed by atoms with Crippen molar-refractivity contribution in [2.45, 2.75) is 26.8 Å². The average Bonchev–Trinajstić information content (AvgIpc) is 3.30. The van der Waals surface area contributed by atoms with E-state index in [1.807, 2.05) is 35.8 Å². The first-order valence-electron chi connectivity index (χ1n) is 9.46. The molecule has 4 aromatic rings. The van der Waals surface area contributed by atoms with Crippen molar-refractivity contribution in [1.29, 1.82) is 0 Å². The van der Waals surface area contributed by atoms with Crippen LogP contribution in [0.3, 0.4) is 0 Å². The highest BCUT2D eigenvalue weighted by atomic mass is 32.1. The van der Waals surface area contributed by atoms with E-state index in [0.29, 0.717) is 42.1 Å². The molecule has 1 aliphatic rings. The van der Waals surface area contributed by atoms with Gasteiger partial charge in [0.1, 0.15) is 11.2 Å². The molecule has 0 bridgehead atoms. The molecule has 29 heavy (non-hydrogen) atoms. The van der Waals surface area contributed by atoms with E-state index >= 15 is 0 Å². The molecular formula is C20H19N5O3S. The van der Waals surface area contributed by atoms with Gasteiger partial charge in [-0.2, -0.15) is 9.61 Å². The van der Waals surface area contributed by atoms with Crippen molar-refractivity contribution < 1.29 is 9.53 Å². The Kier molecular flexibility index (Phi) is 4.13. The fraction of sp³-hybridized carbons (Fsp3) is 0.300. The Hall–Kier alpha value is -3.20. The lowest BCUT2D eigenvalue weighted by Gasteiger charge is -2.25. The zero-order chi connectivity index (χ0) is 20.1. The lowest BCUT2D eigenvalue weighted by atomic mass is 10.1. The van der Waals surface area contributed by atoms with Crippen molar-refractivity contribution in [2.24, 2.45) is 0 Å². The fourth-order valence-electron chi connectivity index (χ4n) is 3.70. The van der Waals surface area contributed by atoms with E-state index in [2.05, 4.69) is 5.10 Å². The van der Waals surface area contributed by atoms with E-state index in [0.717, 1.165) is 21.7 Å². The van der Waals surface area contributed by atoms with Crippen molar-refractivity contribution in [1.82, 2.24) is 24.1 Å². The Morgan fingerprint density at radius 2 is 2.07 bits per heavy atom. The maximum atomic E-state index is 13.2. The van der Waals surface area contributed by atoms with E-state index in [1.165, 1.54) is 15.9 Å². The Morgan fingerprint density at radius 1 is 1.28 bits per heavy atom. The molecule has 1 amide bonds. The molecule has 0 atom stereocenters. The van der Waals surface area contributed by atoms with Gasteiger partial charge in [-0.15, -0.1) is 11.3 Å². The number of hydrogen-bond donors (Lipinski definition) is 0. The Balaban J connectivity index is 1.63. The third-order valence-electron chi connectivity index (χ3n) is 5.17. The standard InChI is InChI=1S/C20H19N5O3S/c1-3-28-20(27)23-9-8-14-15(10-23)29-17-16(14)18(26)25-19(22-17)24(11-21-25)13-6-4-12(2)5-7-13/h4-7,11H,3,8-10H2,1-2H3. The van der Waals surface area contributed by atoms with E-state index < -0.39 is 0 Å². The first-order valence-corrected chi connectivity index (χ1v) is 10.3. The van der Waals surface area contributed by atoms with Crippen molar-refractivity contribution in [3.8, 4) is 5.69 Å². The summed E-state index contributed by atoms with van der Waals surface area (Å²) >= 11 is 1.46. The third kappa shape index (κ3) is 2.80. The number of carbonyl (C=O) groups excluding carboxylic acids is 1. The maximum Gasteiger partial charge on any atom is 0.410 e. The van der Waals surface area contributed by atoms with Crippen LogP contribution in [0.2, 0.25) is 0 Å². The summed E-state index contributed by atoms with van der Waals surface area (Å²) in [6, 6.07) is 7.97. The van der Waals surface area contributed by atoms with Gasteiger partial charge in [0.2, 0.25) is 5.78 Å². The molecule has 0 saturated carbocycles. The molecule has 0 fully saturated rings. The van der Waals surface area contributed by atoms with Gasteiger partial charge < -0.3 is 9.64 Å². The topological polar surface area (TPSA) is 81.7 Å². The van der Waals surface area contributed by atoms with Gasteiger partial charge in [0.15, 0.2) is 0 Å². The van der Waals surface area contributed by atoms with Crippen LogP contribution in [0, 0.1) is 6.92 Å². The van der Waals surface area contributed by atoms with Crippen LogP contribution in [0.1, 0.15) is 22.9 Å². The normalized spacial score (nSPS) is 13.8. The van der Waals surface area contributed by atoms with Gasteiger partial charge in [-0.25, -0.2) is 9.78 Å². The number of rotatable bonds is 2. The first kappa shape index (κ1) is 17.9. The van der Waals surface area contributed by atoms with E-state index in [4.69, 9.17) is 9.72 Å². The van der Waals surface area contributed by atoms with Gasteiger partial charge in [0.05, 0.1) is 24.2 Å². The number of amides is 1. The van der Waals surface area contributed by atoms with Gasteiger partial charge in [-0.1, -0.05) is 17.7 Å². The van der Waals surface area contributed by atoms with Crippen LogP contribution in [-0.4, -0.2) is 43.3 Å². The highest BCUT2D eigenvalue weighted by molar-refractivity contribution is 7.18. The number of carbonyl (C=O) groups is 1. The number of benzene rings is 1. The predicted octanol–water partition coefficient (Wildman–Crippen LogP) is 2.92. The highest BCUT2D eigenvalue weighted by Gasteiger charge is 2.27. The first-order chi connectivity index (χ1) is 14.1. The van der Waals surface area contributed by atoms with E-state index in [-0.39, 0.29) is 11.7 Å². The highest BCUT2D eigenvalue weighted by Crippen LogP contribution is 2.33. The molecule has 0 saturated heterocycles. The molecule has 3 aromatic heterocycles. The van der Waals surface area contributed by atoms with Crippen molar-refractivity contribution in [3.63, 3.8) is 0 Å². The third-order valence-corrected chi connectivity index (χ3v) is 6.28. The number of aromatic nitrogens is 4. The van der Waals surface area contributed by atoms with Crippen LogP contribution in [0.25, 0.3) is 21.7 Å². The summed E-state index contributed by atoms with van der Waals surface area (Å²) in [5, 5.41) is 4.90. The predicted molar refractivity (Wildman–Crippen MR) is 110 cm³/mol. The number of thiophene rings is 1. The van der Waals surface area contributed by atoms with Crippen molar-refractivity contribution in [3.05, 3.63) is 57.0 Å². The van der Waals surface area contributed by atoms with Gasteiger partial charge in [-0.3, -0.25) is 9.36 Å². The quantitative estimate of drug-likeness (QED) is 0.508. The van der Waals surface area contributed by atoms with E-state index in [9.17, 15) is 9.59 Å². The van der Waals surface area contributed by atoms with Crippen LogP contribution in [0.4, 0.5) is 4.79 Å². The average molecular weight is 409 g/mol. The summed E-state index contributed by atoms with van der Waals surface area (Å²) in [5.74, 6) is 0.479. The second-order valence-electron chi connectivity index (χ2n) is 7.02. The van der Waals surface area contributed by atoms with Crippen LogP contribution >= 0.6 is 11.3 Å². The number of fused-ring (bicyclic) bond motifs is 4. The zero-order valence-corrected chi connectivity index (χ0v) is 16.9. The molecule has 0 spiro atoms. The van der Waals surface area contributed by atoms with Gasteiger partial charge >= 0.3 is 6.09 Å². The number of nitrogens with zero attached hydrogens (tertiary/aromatic N) is 5. The lowest BCUT2D eigenvalue weighted by molar-refractivity contribution is 0.103. The van der Waals surface area contributed by atoms with E-state index in [1.54, 1.807) is 18.2 Å². The minimum atomic E-state index is -0.321. The van der Waals surface area contributed by atoms with Crippen LogP contribution in [-0.2, 0) is 17.7 Å². The Morgan fingerprint density at radius 3 is 2.83 bits per heavy atom. The van der Waals surface area contributed by atoms with Crippen molar-refractivity contribution in [2.75, 3.05) is 13.2 Å². The molecule has 0 aliphatic carbocycles. The van der Waals surface area contributed by atoms with Crippen molar-refractivity contribution >= 4 is 33.4 Å². The Labute approximate surface area is 170 Å². The molecule has 1 aromatic carbocycles. The number of aryl methyl sites for hydroxylation is 1. The van der Waals surface area contributed by atoms with Crippen LogP contribution in [0.5, 0.6) is 0 Å². The molecular weight excluding hydrogens is 390 g/mol. The van der Waals surface area contributed by atoms with Gasteiger partial charge in [0.25, 0.3) is 5.56 Å². The zero-order valence-electron chi connectivity index (χ0n) is 16.1. The smallest absolute Gasteiger partial charge is 0.410 e. The molecule has 9 heteroatoms. The van der Waals surface area contributed by atoms with Crippen LogP contribution < -0.4 is 5.56 Å². The SMILES string of the molecule is CCOC(=O)N1CCc2c(sc3nc4n(-c5ccc(C)cc5)cnn4c(=O)c23)C1. The monoisotopic (exact) mass is 409 g/mol. The second-order valence-corrected chi connectivity index (χ2v) is 8.10. The van der Waals surface area contributed by atoms with Gasteiger partial charge in [-0.05, 0) is 38.0 Å². The maximum absolute atomic E-state index is 13.2.